The fraction of sp³-hybridized carbons (Fsp3) is 0.231. The number of carbonyl (C=O) groups is 2. The summed E-state index contributed by atoms with van der Waals surface area (Å²) in [6.07, 6.45) is 6.51. The number of aryl methyl sites for hydroxylation is 1. The van der Waals surface area contributed by atoms with Crippen LogP contribution < -0.4 is 10.6 Å². The highest BCUT2D eigenvalue weighted by molar-refractivity contribution is 5.94. The van der Waals surface area contributed by atoms with Crippen LogP contribution in [-0.2, 0) is 11.2 Å². The van der Waals surface area contributed by atoms with Crippen molar-refractivity contribution in [1.29, 1.82) is 0 Å². The smallest absolute Gasteiger partial charge is 0.253 e. The summed E-state index contributed by atoms with van der Waals surface area (Å²) >= 11 is 0. The van der Waals surface area contributed by atoms with E-state index in [-0.39, 0.29) is 23.9 Å². The lowest BCUT2D eigenvalue weighted by atomic mass is 9.89. The van der Waals surface area contributed by atoms with Crippen LogP contribution in [0.3, 0.4) is 0 Å². The van der Waals surface area contributed by atoms with Crippen molar-refractivity contribution in [2.45, 2.75) is 31.2 Å². The topological polar surface area (TPSA) is 99.8 Å². The third kappa shape index (κ3) is 4.52. The first kappa shape index (κ1) is 21.8. The van der Waals surface area contributed by atoms with Crippen LogP contribution in [0.25, 0.3) is 10.8 Å². The summed E-state index contributed by atoms with van der Waals surface area (Å²) in [5.74, 6) is -1.50. The number of hydrogen-bond donors (Lipinski definition) is 3. The maximum atomic E-state index is 13.6. The molecule has 4 aromatic rings. The second kappa shape index (κ2) is 9.43. The molecule has 0 saturated heterocycles. The average molecular weight is 458 g/mol. The number of nitrogens with one attached hydrogen (secondary N) is 3. The fourth-order valence-electron chi connectivity index (χ4n) is 4.49. The van der Waals surface area contributed by atoms with Crippen molar-refractivity contribution in [2.24, 2.45) is 0 Å². The third-order valence-electron chi connectivity index (χ3n) is 6.25. The van der Waals surface area contributed by atoms with Crippen molar-refractivity contribution in [3.63, 3.8) is 0 Å². The van der Waals surface area contributed by atoms with E-state index in [9.17, 15) is 14.0 Å². The number of fused-ring (bicyclic) bond motifs is 2. The van der Waals surface area contributed by atoms with E-state index < -0.39 is 17.8 Å². The number of rotatable bonds is 6. The first-order valence-corrected chi connectivity index (χ1v) is 11.3. The molecule has 0 aliphatic heterocycles. The van der Waals surface area contributed by atoms with Gasteiger partial charge in [-0.2, -0.15) is 0 Å². The summed E-state index contributed by atoms with van der Waals surface area (Å²) in [5, 5.41) is 8.02. The van der Waals surface area contributed by atoms with Crippen LogP contribution in [0.2, 0.25) is 0 Å². The zero-order valence-electron chi connectivity index (χ0n) is 18.4. The van der Waals surface area contributed by atoms with Gasteiger partial charge in [-0.1, -0.05) is 36.4 Å². The van der Waals surface area contributed by atoms with Crippen LogP contribution in [-0.4, -0.2) is 33.3 Å². The summed E-state index contributed by atoms with van der Waals surface area (Å²) in [7, 11) is 0. The van der Waals surface area contributed by atoms with Crippen LogP contribution in [0.5, 0.6) is 0 Å². The van der Waals surface area contributed by atoms with E-state index in [0.717, 1.165) is 59.2 Å². The molecule has 7 nitrogen and oxygen atoms in total. The van der Waals surface area contributed by atoms with Crippen LogP contribution in [0, 0.1) is 5.82 Å². The van der Waals surface area contributed by atoms with Crippen molar-refractivity contribution < 1.29 is 14.0 Å². The quantitative estimate of drug-likeness (QED) is 0.410. The minimum absolute atomic E-state index is 0.116. The molecule has 8 heteroatoms. The van der Waals surface area contributed by atoms with Gasteiger partial charge in [0.25, 0.3) is 5.91 Å². The van der Waals surface area contributed by atoms with Gasteiger partial charge in [0, 0.05) is 18.4 Å². The van der Waals surface area contributed by atoms with E-state index in [2.05, 4.69) is 25.6 Å². The molecule has 0 spiro atoms. The van der Waals surface area contributed by atoms with Gasteiger partial charge in [0.15, 0.2) is 0 Å². The van der Waals surface area contributed by atoms with Crippen LogP contribution in [0.4, 0.5) is 4.39 Å². The molecule has 0 saturated carbocycles. The highest BCUT2D eigenvalue weighted by Gasteiger charge is 2.29. The summed E-state index contributed by atoms with van der Waals surface area (Å²) in [4.78, 5) is 37.2. The Kier molecular flexibility index (Phi) is 6.03. The summed E-state index contributed by atoms with van der Waals surface area (Å²) in [5.41, 5.74) is 2.75. The molecule has 2 unspecified atom stereocenters. The third-order valence-corrected chi connectivity index (χ3v) is 6.25. The Balaban J connectivity index is 1.38. The van der Waals surface area contributed by atoms with Gasteiger partial charge in [-0.25, -0.2) is 9.37 Å². The standard InChI is InChI=1S/C26H24FN5O2/c27-20-11-19(12-28-13-20)25(33)32-23(18-9-8-16-4-1-2-5-17(16)10-18)14-29-26(34)21-6-3-7-22-24(21)31-15-30-22/h1-2,4-5,8-13,15,21,23H,3,6-7,14H2,(H,29,34)(H,30,31)(H,32,33). The summed E-state index contributed by atoms with van der Waals surface area (Å²) in [6, 6.07) is 14.4. The van der Waals surface area contributed by atoms with Gasteiger partial charge in [-0.05, 0) is 47.7 Å². The molecule has 2 aromatic carbocycles. The monoisotopic (exact) mass is 457 g/mol. The molecule has 172 valence electrons. The van der Waals surface area contributed by atoms with Gasteiger partial charge in [-0.15, -0.1) is 0 Å². The lowest BCUT2D eigenvalue weighted by molar-refractivity contribution is -0.123. The first-order valence-electron chi connectivity index (χ1n) is 11.3. The predicted octanol–water partition coefficient (Wildman–Crippen LogP) is 3.80. The van der Waals surface area contributed by atoms with E-state index in [0.29, 0.717) is 0 Å². The normalized spacial score (nSPS) is 16.0. The average Bonchev–Trinajstić information content (AvgIpc) is 3.35. The van der Waals surface area contributed by atoms with E-state index in [1.165, 1.54) is 6.20 Å². The van der Waals surface area contributed by atoms with Gasteiger partial charge < -0.3 is 15.6 Å². The Morgan fingerprint density at radius 1 is 1.12 bits per heavy atom. The molecule has 2 aromatic heterocycles. The van der Waals surface area contributed by atoms with Crippen molar-refractivity contribution in [2.75, 3.05) is 6.54 Å². The first-order chi connectivity index (χ1) is 16.6. The van der Waals surface area contributed by atoms with Crippen molar-refractivity contribution in [1.82, 2.24) is 25.6 Å². The number of amides is 2. The number of nitrogens with zero attached hydrogens (tertiary/aromatic N) is 2. The van der Waals surface area contributed by atoms with E-state index >= 15 is 0 Å². The number of aromatic amines is 1. The van der Waals surface area contributed by atoms with Crippen LogP contribution in [0.1, 0.15) is 52.1 Å². The lowest BCUT2D eigenvalue weighted by Crippen LogP contribution is -2.40. The molecule has 0 radical (unpaired) electrons. The number of benzene rings is 2. The van der Waals surface area contributed by atoms with Crippen molar-refractivity contribution >= 4 is 22.6 Å². The molecule has 3 N–H and O–H groups in total. The Morgan fingerprint density at radius 2 is 1.97 bits per heavy atom. The summed E-state index contributed by atoms with van der Waals surface area (Å²) in [6.45, 7) is 0.182. The Bertz CT molecular complexity index is 1350. The molecule has 2 atom stereocenters. The van der Waals surface area contributed by atoms with Crippen LogP contribution in [0.15, 0.2) is 67.3 Å². The molecule has 2 heterocycles. The second-order valence-corrected chi connectivity index (χ2v) is 8.48. The predicted molar refractivity (Wildman–Crippen MR) is 126 cm³/mol. The van der Waals surface area contributed by atoms with Gasteiger partial charge in [0.2, 0.25) is 5.91 Å². The Hall–Kier alpha value is -4.07. The number of carbonyl (C=O) groups excluding carboxylic acids is 2. The van der Waals surface area contributed by atoms with Crippen molar-refractivity contribution in [3.8, 4) is 0 Å². The second-order valence-electron chi connectivity index (χ2n) is 8.48. The highest BCUT2D eigenvalue weighted by Crippen LogP contribution is 2.29. The van der Waals surface area contributed by atoms with Gasteiger partial charge >= 0.3 is 0 Å². The fourth-order valence-corrected chi connectivity index (χ4v) is 4.49. The molecule has 1 aliphatic rings. The van der Waals surface area contributed by atoms with Gasteiger partial charge in [0.1, 0.15) is 5.82 Å². The van der Waals surface area contributed by atoms with Crippen molar-refractivity contribution in [3.05, 3.63) is 95.6 Å². The minimum atomic E-state index is -0.588. The zero-order chi connectivity index (χ0) is 23.5. The molecule has 34 heavy (non-hydrogen) atoms. The number of H-pyrrole nitrogens is 1. The number of hydrogen-bond acceptors (Lipinski definition) is 4. The largest absolute Gasteiger partial charge is 0.353 e. The Labute approximate surface area is 195 Å². The number of pyridine rings is 1. The molecule has 5 rings (SSSR count). The zero-order valence-corrected chi connectivity index (χ0v) is 18.4. The maximum Gasteiger partial charge on any atom is 0.253 e. The number of halogens is 1. The number of aromatic nitrogens is 3. The van der Waals surface area contributed by atoms with Crippen LogP contribution >= 0.6 is 0 Å². The van der Waals surface area contributed by atoms with E-state index in [1.807, 2.05) is 42.5 Å². The van der Waals surface area contributed by atoms with E-state index in [1.54, 1.807) is 6.33 Å². The Morgan fingerprint density at radius 3 is 2.82 bits per heavy atom. The number of imidazole rings is 1. The minimum Gasteiger partial charge on any atom is -0.353 e. The summed E-state index contributed by atoms with van der Waals surface area (Å²) < 4.78 is 13.6. The SMILES string of the molecule is O=C(NC(CNC(=O)C1CCCc2[nH]cnc21)c1ccc2ccccc2c1)c1cncc(F)c1. The molecule has 0 bridgehead atoms. The maximum absolute atomic E-state index is 13.6. The molecule has 1 aliphatic carbocycles. The molecule has 0 fully saturated rings. The van der Waals surface area contributed by atoms with Gasteiger partial charge in [0.05, 0.1) is 35.7 Å². The molecular formula is C26H24FN5O2. The molecule has 2 amide bonds. The van der Waals surface area contributed by atoms with E-state index in [4.69, 9.17) is 0 Å². The molecular weight excluding hydrogens is 433 g/mol. The highest BCUT2D eigenvalue weighted by atomic mass is 19.1. The lowest BCUT2D eigenvalue weighted by Gasteiger charge is -2.24. The van der Waals surface area contributed by atoms with Gasteiger partial charge in [-0.3, -0.25) is 14.6 Å².